The number of rotatable bonds is 25. The van der Waals surface area contributed by atoms with Crippen LogP contribution in [-0.2, 0) is 38.1 Å². The van der Waals surface area contributed by atoms with Crippen LogP contribution in [0.1, 0.15) is 106 Å². The fourth-order valence-electron chi connectivity index (χ4n) is 10.1. The van der Waals surface area contributed by atoms with Crippen LogP contribution in [0.5, 0.6) is 11.5 Å². The number of nitrogens with one attached hydrogen (secondary N) is 2. The summed E-state index contributed by atoms with van der Waals surface area (Å²) in [6, 6.07) is 27.6. The molecule has 0 spiro atoms. The second-order valence-corrected chi connectivity index (χ2v) is 26.0. The van der Waals surface area contributed by atoms with Crippen molar-refractivity contribution in [2.75, 3.05) is 39.5 Å². The Morgan fingerprint density at radius 3 is 1.94 bits per heavy atom. The molecule has 5 aromatic rings. The molecule has 3 heterocycles. The van der Waals surface area contributed by atoms with Crippen molar-refractivity contribution < 1.29 is 42.0 Å². The maximum absolute atomic E-state index is 13.6. The number of hydrogen-bond donors (Lipinski definition) is 2. The van der Waals surface area contributed by atoms with E-state index in [0.717, 1.165) is 16.7 Å². The molecule has 2 unspecified atom stereocenters. The predicted octanol–water partition coefficient (Wildman–Crippen LogP) is 10.2. The number of benzene rings is 3. The number of fused-ring (bicyclic) bond motifs is 1. The van der Waals surface area contributed by atoms with Crippen molar-refractivity contribution in [1.29, 1.82) is 5.26 Å². The van der Waals surface area contributed by atoms with E-state index in [1.807, 2.05) is 78.9 Å². The second kappa shape index (κ2) is 24.6. The molecule has 3 aromatic carbocycles. The number of imidazole rings is 1. The van der Waals surface area contributed by atoms with Crippen molar-refractivity contribution in [2.24, 2.45) is 0 Å². The molecular weight excluding hydrogens is 942 g/mol. The van der Waals surface area contributed by atoms with Crippen LogP contribution in [0.2, 0.25) is 16.6 Å². The summed E-state index contributed by atoms with van der Waals surface area (Å²) in [5, 5.41) is 12.3. The first-order valence-corrected chi connectivity index (χ1v) is 27.6. The average molecular weight is 1010 g/mol. The molecule has 19 heteroatoms. The van der Waals surface area contributed by atoms with Crippen LogP contribution in [0.3, 0.4) is 0 Å². The Morgan fingerprint density at radius 1 is 0.873 bits per heavy atom. The van der Waals surface area contributed by atoms with Gasteiger partial charge in [-0.05, 0) is 85.3 Å². The average Bonchev–Trinajstić information content (AvgIpc) is 3.91. The van der Waals surface area contributed by atoms with Crippen LogP contribution in [0.4, 0.5) is 5.95 Å². The van der Waals surface area contributed by atoms with E-state index in [-0.39, 0.29) is 72.2 Å². The van der Waals surface area contributed by atoms with Gasteiger partial charge in [0.05, 0.1) is 46.3 Å². The minimum absolute atomic E-state index is 0.0238. The zero-order chi connectivity index (χ0) is 51.6. The molecule has 0 aliphatic carbocycles. The Balaban J connectivity index is 1.58. The lowest BCUT2D eigenvalue weighted by Crippen LogP contribution is -2.49. The zero-order valence-corrected chi connectivity index (χ0v) is 45.3. The highest BCUT2D eigenvalue weighted by molar-refractivity contribution is 7.44. The lowest BCUT2D eigenvalue weighted by atomic mass is 9.80. The van der Waals surface area contributed by atoms with E-state index in [4.69, 9.17) is 37.2 Å². The van der Waals surface area contributed by atoms with Gasteiger partial charge in [-0.3, -0.25) is 24.5 Å². The highest BCUT2D eigenvalue weighted by atomic mass is 31.2. The first kappa shape index (κ1) is 55.3. The van der Waals surface area contributed by atoms with Gasteiger partial charge in [-0.1, -0.05) is 96.1 Å². The van der Waals surface area contributed by atoms with Crippen LogP contribution in [0, 0.1) is 11.3 Å². The topological polar surface area (TPSA) is 194 Å². The van der Waals surface area contributed by atoms with Gasteiger partial charge in [0.15, 0.2) is 17.4 Å². The summed E-state index contributed by atoms with van der Waals surface area (Å²) >= 11 is 0. The van der Waals surface area contributed by atoms with Gasteiger partial charge in [0.25, 0.3) is 14.1 Å². The third-order valence-corrected chi connectivity index (χ3v) is 21.2. The molecule has 1 amide bonds. The largest absolute Gasteiger partial charge is 0.497 e. The summed E-state index contributed by atoms with van der Waals surface area (Å²) in [4.78, 5) is 37.6. The molecule has 17 nitrogen and oxygen atoms in total. The molecule has 2 N–H and O–H groups in total. The molecule has 6 rings (SSSR count). The Labute approximate surface area is 420 Å². The summed E-state index contributed by atoms with van der Waals surface area (Å²) in [5.41, 5.74) is 1.57. The van der Waals surface area contributed by atoms with Crippen molar-refractivity contribution >= 4 is 39.9 Å². The molecule has 1 aliphatic rings. The number of carbonyl (C=O) groups is 1. The molecule has 0 bridgehead atoms. The third kappa shape index (κ3) is 12.1. The summed E-state index contributed by atoms with van der Waals surface area (Å²) in [6.07, 6.45) is -2.25. The second-order valence-electron chi connectivity index (χ2n) is 19.1. The number of nitrogens with zero attached hydrogens (tertiary/aromatic N) is 5. The molecular formula is C52H72N7O10PSi. The van der Waals surface area contributed by atoms with E-state index in [1.165, 1.54) is 13.3 Å². The Morgan fingerprint density at radius 2 is 1.44 bits per heavy atom. The van der Waals surface area contributed by atoms with E-state index in [0.29, 0.717) is 11.5 Å². The fraction of sp³-hybridized carbons (Fsp3) is 0.519. The van der Waals surface area contributed by atoms with Crippen molar-refractivity contribution in [3.05, 3.63) is 112 Å². The molecule has 384 valence electrons. The molecule has 1 saturated heterocycles. The van der Waals surface area contributed by atoms with Gasteiger partial charge >= 0.3 is 0 Å². The third-order valence-electron chi connectivity index (χ3n) is 13.1. The molecule has 1 fully saturated rings. The van der Waals surface area contributed by atoms with E-state index in [9.17, 15) is 14.9 Å². The van der Waals surface area contributed by atoms with E-state index in [1.54, 1.807) is 18.8 Å². The van der Waals surface area contributed by atoms with Gasteiger partial charge in [0.2, 0.25) is 20.2 Å². The summed E-state index contributed by atoms with van der Waals surface area (Å²) < 4.78 is 57.8. The van der Waals surface area contributed by atoms with E-state index in [2.05, 4.69) is 100 Å². The number of methoxy groups -OCH3 is 2. The SMILES string of the molecule is COc1ccc(C(OC[C@H]2O[C@@H](n3cnc4c(=O)[nH]c(NC(C)=O)nc43)[C@@H](OCO[Si](C(C)C)(C(C)C)C(C)C)C2OP(OCCC#N)N(C(C)C)C(C)C)(c2ccccc2)c2ccc(OC)cc2)cc1. The summed E-state index contributed by atoms with van der Waals surface area (Å²) in [5.74, 6) is 0.867. The van der Waals surface area contributed by atoms with Crippen LogP contribution in [0.25, 0.3) is 11.2 Å². The van der Waals surface area contributed by atoms with Crippen LogP contribution in [0.15, 0.2) is 90.0 Å². The van der Waals surface area contributed by atoms with Gasteiger partial charge < -0.3 is 37.2 Å². The number of carbonyl (C=O) groups excluding carboxylic acids is 1. The Kier molecular flexibility index (Phi) is 19.1. The van der Waals surface area contributed by atoms with Crippen molar-refractivity contribution in [2.45, 2.75) is 141 Å². The lowest BCUT2D eigenvalue weighted by Gasteiger charge is -2.42. The van der Waals surface area contributed by atoms with Crippen LogP contribution < -0.4 is 20.3 Å². The fourth-order valence-corrected chi connectivity index (χ4v) is 17.1. The van der Waals surface area contributed by atoms with E-state index >= 15 is 0 Å². The van der Waals surface area contributed by atoms with Gasteiger partial charge in [-0.25, -0.2) is 9.65 Å². The number of amides is 1. The zero-order valence-electron chi connectivity index (χ0n) is 43.4. The number of H-pyrrole nitrogens is 1. The maximum Gasteiger partial charge on any atom is 0.280 e. The normalized spacial score (nSPS) is 18.1. The van der Waals surface area contributed by atoms with Gasteiger partial charge in [-0.15, -0.1) is 0 Å². The predicted molar refractivity (Wildman–Crippen MR) is 277 cm³/mol. The molecule has 71 heavy (non-hydrogen) atoms. The molecule has 5 atom stereocenters. The summed E-state index contributed by atoms with van der Waals surface area (Å²) in [6.45, 7) is 22.8. The highest BCUT2D eigenvalue weighted by Gasteiger charge is 2.53. The monoisotopic (exact) mass is 1010 g/mol. The summed E-state index contributed by atoms with van der Waals surface area (Å²) in [7, 11) is -1.14. The number of ether oxygens (including phenoxy) is 5. The first-order valence-electron chi connectivity index (χ1n) is 24.3. The van der Waals surface area contributed by atoms with Crippen molar-refractivity contribution in [3.8, 4) is 17.6 Å². The lowest BCUT2D eigenvalue weighted by molar-refractivity contribution is -0.114. The maximum atomic E-state index is 13.6. The number of aromatic amines is 1. The molecule has 0 radical (unpaired) electrons. The Hall–Kier alpha value is -5.06. The Bertz CT molecular complexity index is 2510. The minimum atomic E-state index is -2.49. The van der Waals surface area contributed by atoms with Crippen LogP contribution >= 0.6 is 8.53 Å². The molecule has 0 saturated carbocycles. The number of anilines is 1. The van der Waals surface area contributed by atoms with Crippen molar-refractivity contribution in [1.82, 2.24) is 24.2 Å². The number of aromatic nitrogens is 4. The quantitative estimate of drug-likeness (QED) is 0.0184. The highest BCUT2D eigenvalue weighted by Crippen LogP contribution is 2.52. The number of hydrogen-bond acceptors (Lipinski definition) is 14. The van der Waals surface area contributed by atoms with Crippen molar-refractivity contribution in [3.63, 3.8) is 0 Å². The minimum Gasteiger partial charge on any atom is -0.497 e. The van der Waals surface area contributed by atoms with Gasteiger partial charge in [0.1, 0.15) is 42.2 Å². The van der Waals surface area contributed by atoms with Crippen LogP contribution in [-0.4, -0.2) is 103 Å². The first-order chi connectivity index (χ1) is 33.9. The standard InChI is InChI=1S/C52H72N7O10PSi/c1-33(2)59(34(3)4)70(66-29-17-28-53)69-46-44(30-65-52(39-18-15-14-16-19-39,40-20-24-42(62-12)25-21-40)41-22-26-43(63-13)27-23-41)68-50(47(46)64-32-67-71(35(5)6,36(7)8)37(9)10)58-31-54-45-48(58)56-51(55-38(11)60)57-49(45)61/h14-16,18-27,31,33-37,44,46-47,50H,17,29-30,32H2,1-13H3,(H2,55,56,57,60,61)/t44-,46?,47+,50-,70?/m1/s1. The van der Waals surface area contributed by atoms with E-state index < -0.39 is 58.5 Å². The molecule has 1 aliphatic heterocycles. The van der Waals surface area contributed by atoms with Gasteiger partial charge in [0, 0.05) is 19.0 Å². The number of nitriles is 1. The van der Waals surface area contributed by atoms with Gasteiger partial charge in [-0.2, -0.15) is 10.2 Å². The molecule has 2 aromatic heterocycles. The smallest absolute Gasteiger partial charge is 0.280 e.